The lowest BCUT2D eigenvalue weighted by Crippen LogP contribution is -2.63. The van der Waals surface area contributed by atoms with Gasteiger partial charge in [-0.1, -0.05) is 108 Å². The average Bonchev–Trinajstić information content (AvgIpc) is 1.74. The fourth-order valence-corrected chi connectivity index (χ4v) is 19.8. The zero-order valence-electron chi connectivity index (χ0n) is 65.1. The minimum Gasteiger partial charge on any atom is -0.459 e. The first kappa shape index (κ1) is 82.2. The van der Waals surface area contributed by atoms with E-state index in [1.54, 1.807) is 6.08 Å². The Kier molecular flexibility index (Phi) is 27.1. The summed E-state index contributed by atoms with van der Waals surface area (Å²) in [6.45, 7) is 54.3. The van der Waals surface area contributed by atoms with Crippen LogP contribution < -0.4 is 5.32 Å². The van der Waals surface area contributed by atoms with Gasteiger partial charge in [0.2, 0.25) is 0 Å². The standard InChI is InChI=1S/C78H131NO19Si3/c1-23-37-85-74(84)79-45-66-63(98-101(21,22)77(13,14)15)43-61(96-99(17,18)75(7,8)9)57(89-66)32-29-51(80)27-25-24-26-28-52(81)40-60-62(97-100(19,20)76(10,11)12)44-65-69(92-60)49(5)70-64(90-65)42-59-48(4)46(2)38-53(87-59)30-33-56-47(3)39-55(86-56)35-36-78(16)94-50(6)71-68(83)73(95-78)72-58(91-71)34-31-54(88-72)41-67(82)93-70/h23,26,28,46,49-50,53-66,68-73,83H,1,3-4,24-25,27,29-45H2,2,5-22H3,(H,79,84)/b28-26+/t46-,49+,50+,53+,54-,55+,56+,57+,58+,59-,60-,61+,62?,63-,64+,65+,66-,68?,69+,70-,71+,72+,73-,78-/m1/s1. The van der Waals surface area contributed by atoms with Crippen molar-refractivity contribution in [2.75, 3.05) is 13.2 Å². The molecule has 24 atom stereocenters. The minimum atomic E-state index is -2.47. The van der Waals surface area contributed by atoms with Crippen LogP contribution in [0, 0.1) is 11.8 Å². The van der Waals surface area contributed by atoms with Gasteiger partial charge in [-0.05, 0) is 156 Å². The van der Waals surface area contributed by atoms with Crippen LogP contribution in [0.25, 0.3) is 0 Å². The van der Waals surface area contributed by atoms with Crippen molar-refractivity contribution in [3.05, 3.63) is 49.1 Å². The van der Waals surface area contributed by atoms with E-state index in [0.29, 0.717) is 70.6 Å². The molecule has 9 aliphatic heterocycles. The quantitative estimate of drug-likeness (QED) is 0.0379. The number of alkyl carbamates (subject to hydrolysis) is 1. The van der Waals surface area contributed by atoms with Gasteiger partial charge in [0.15, 0.2) is 36.5 Å². The predicted molar refractivity (Wildman–Crippen MR) is 395 cm³/mol. The maximum atomic E-state index is 14.7. The largest absolute Gasteiger partial charge is 0.459 e. The van der Waals surface area contributed by atoms with Crippen molar-refractivity contribution in [3.8, 4) is 0 Å². The number of fused-ring (bicyclic) bond motifs is 9. The summed E-state index contributed by atoms with van der Waals surface area (Å²) in [6, 6.07) is 0. The zero-order chi connectivity index (χ0) is 74.1. The van der Waals surface area contributed by atoms with Gasteiger partial charge in [-0.2, -0.15) is 0 Å². The number of nitrogens with one attached hydrogen (secondary N) is 1. The lowest BCUT2D eigenvalue weighted by atomic mass is 9.79. The molecule has 0 aliphatic carbocycles. The number of allylic oxidation sites excluding steroid dienone is 2. The molecule has 2 unspecified atom stereocenters. The maximum absolute atomic E-state index is 14.7. The second-order valence-electron chi connectivity index (χ2n) is 36.0. The molecule has 101 heavy (non-hydrogen) atoms. The minimum absolute atomic E-state index is 0.0464. The lowest BCUT2D eigenvalue weighted by Gasteiger charge is -2.53. The van der Waals surface area contributed by atoms with Crippen LogP contribution in [0.2, 0.25) is 54.4 Å². The number of rotatable bonds is 20. The Hall–Kier alpha value is -2.83. The van der Waals surface area contributed by atoms with E-state index >= 15 is 0 Å². The number of amides is 1. The van der Waals surface area contributed by atoms with Crippen LogP contribution >= 0.6 is 0 Å². The van der Waals surface area contributed by atoms with E-state index in [1.165, 1.54) is 6.08 Å². The van der Waals surface area contributed by atoms with E-state index in [4.69, 9.17) is 65.4 Å². The molecule has 23 heteroatoms. The smallest absolute Gasteiger partial charge is 0.407 e. The molecule has 0 spiro atoms. The molecular formula is C78H131NO19Si3. The number of hydrogen-bond donors (Lipinski definition) is 2. The van der Waals surface area contributed by atoms with Crippen LogP contribution in [0.1, 0.15) is 206 Å². The highest BCUT2D eigenvalue weighted by molar-refractivity contribution is 6.75. The molecule has 0 aromatic carbocycles. The molecule has 9 rings (SSSR count). The average molecular weight is 1470 g/mol. The van der Waals surface area contributed by atoms with Gasteiger partial charge in [-0.15, -0.1) is 0 Å². The molecule has 574 valence electrons. The molecule has 0 aromatic heterocycles. The number of esters is 1. The molecule has 9 aliphatic rings. The maximum Gasteiger partial charge on any atom is 0.407 e. The van der Waals surface area contributed by atoms with Gasteiger partial charge in [0.05, 0.1) is 98.0 Å². The summed E-state index contributed by atoms with van der Waals surface area (Å²) in [5.41, 5.74) is 2.05. The number of Topliss-reactive ketones (excluding diaryl/α,β-unsaturated/α-hetero) is 1. The van der Waals surface area contributed by atoms with Gasteiger partial charge in [0.1, 0.15) is 49.0 Å². The van der Waals surface area contributed by atoms with E-state index in [1.807, 2.05) is 19.9 Å². The molecule has 9 fully saturated rings. The first-order valence-corrected chi connectivity index (χ1v) is 47.2. The van der Waals surface area contributed by atoms with E-state index in [-0.39, 0.29) is 114 Å². The van der Waals surface area contributed by atoms with Gasteiger partial charge in [0.25, 0.3) is 0 Å². The zero-order valence-corrected chi connectivity index (χ0v) is 68.1. The summed E-state index contributed by atoms with van der Waals surface area (Å²) in [5, 5.41) is 14.5. The van der Waals surface area contributed by atoms with E-state index in [2.05, 4.69) is 140 Å². The molecule has 9 saturated heterocycles. The van der Waals surface area contributed by atoms with Crippen LogP contribution in [0.15, 0.2) is 49.1 Å². The third-order valence-corrected chi connectivity index (χ3v) is 38.5. The summed E-state index contributed by atoms with van der Waals surface area (Å²) >= 11 is 0. The van der Waals surface area contributed by atoms with Crippen molar-refractivity contribution in [3.63, 3.8) is 0 Å². The number of hydrogen-bond acceptors (Lipinski definition) is 19. The molecule has 1 amide bonds. The fourth-order valence-electron chi connectivity index (χ4n) is 15.8. The normalized spacial score (nSPS) is 38.7. The Morgan fingerprint density at radius 1 is 0.634 bits per heavy atom. The predicted octanol–water partition coefficient (Wildman–Crippen LogP) is 14.3. The van der Waals surface area contributed by atoms with Crippen molar-refractivity contribution in [2.45, 2.75) is 394 Å². The second-order valence-corrected chi connectivity index (χ2v) is 50.3. The van der Waals surface area contributed by atoms with Crippen LogP contribution in [0.4, 0.5) is 4.79 Å². The molecule has 9 bridgehead atoms. The Labute approximate surface area is 608 Å². The van der Waals surface area contributed by atoms with E-state index < -0.39 is 128 Å². The molecular weight excluding hydrogens is 1340 g/mol. The third-order valence-electron chi connectivity index (χ3n) is 25.0. The van der Waals surface area contributed by atoms with Gasteiger partial charge >= 0.3 is 12.1 Å². The highest BCUT2D eigenvalue weighted by atomic mass is 28.4. The molecule has 2 N–H and O–H groups in total. The van der Waals surface area contributed by atoms with Crippen LogP contribution in [-0.4, -0.2) is 201 Å². The number of unbranched alkanes of at least 4 members (excludes halogenated alkanes) is 1. The molecule has 0 saturated carbocycles. The topological polar surface area (TPSA) is 230 Å². The summed E-state index contributed by atoms with van der Waals surface area (Å²) in [5.74, 6) is -1.77. The van der Waals surface area contributed by atoms with Crippen molar-refractivity contribution < 1.29 is 89.7 Å². The van der Waals surface area contributed by atoms with Crippen molar-refractivity contribution in [2.24, 2.45) is 11.8 Å². The first-order chi connectivity index (χ1) is 47.0. The Bertz CT molecular complexity index is 2900. The molecule has 9 heterocycles. The van der Waals surface area contributed by atoms with Gasteiger partial charge < -0.3 is 75.8 Å². The second kappa shape index (κ2) is 33.3. The van der Waals surface area contributed by atoms with Gasteiger partial charge in [-0.3, -0.25) is 14.4 Å². The van der Waals surface area contributed by atoms with E-state index in [0.717, 1.165) is 36.8 Å². The first-order valence-electron chi connectivity index (χ1n) is 38.5. The van der Waals surface area contributed by atoms with Gasteiger partial charge in [0, 0.05) is 57.4 Å². The number of aliphatic hydroxyl groups is 1. The Balaban J connectivity index is 0.883. The number of ketones is 2. The highest BCUT2D eigenvalue weighted by Crippen LogP contribution is 2.49. The summed E-state index contributed by atoms with van der Waals surface area (Å²) in [6.07, 6.45) is 3.08. The third kappa shape index (κ3) is 20.5. The monoisotopic (exact) mass is 1470 g/mol. The Morgan fingerprint density at radius 3 is 1.90 bits per heavy atom. The number of carbonyl (C=O) groups is 4. The Morgan fingerprint density at radius 2 is 1.25 bits per heavy atom. The fraction of sp³-hybridized carbons (Fsp3) is 0.846. The van der Waals surface area contributed by atoms with Crippen molar-refractivity contribution in [1.29, 1.82) is 0 Å². The SMILES string of the molecule is C=CCOC(=O)NC[C@H]1O[C@@H](CCC(=O)CCC/C=C/C(=O)C[C@H]2O[C@H]3[C@H](C)[C@H]4OC(=O)C[C@H]5CC[C@@H]6O[C@@H]7C(O)[C@@H](O[C@](C)(CC[C@H]8CC(=C)[C@H](CC[C@H]9C[C@@H](C)C(=C)[C@@H](C[C@@H]4O[C@H]3CC2O[Si](C)(C)C(C)(C)C)O9)O8)O[C@H]7C)[C@H]6O5)[C@@H](O[Si](C)(C)C(C)(C)C)C[C@H]1O[Si](C)(C)C(C)(C)C. The summed E-state index contributed by atoms with van der Waals surface area (Å²) < 4.78 is 95.5. The van der Waals surface area contributed by atoms with Gasteiger partial charge in [-0.25, -0.2) is 4.79 Å². The lowest BCUT2D eigenvalue weighted by molar-refractivity contribution is -0.297. The number of ether oxygens (including phenoxy) is 11. The van der Waals surface area contributed by atoms with E-state index in [9.17, 15) is 24.3 Å². The number of aliphatic hydroxyl groups excluding tert-OH is 1. The van der Waals surface area contributed by atoms with Crippen LogP contribution in [0.3, 0.4) is 0 Å². The summed E-state index contributed by atoms with van der Waals surface area (Å²) in [7, 11) is -7.12. The summed E-state index contributed by atoms with van der Waals surface area (Å²) in [4.78, 5) is 55.7. The highest BCUT2D eigenvalue weighted by Gasteiger charge is 2.59. The van der Waals surface area contributed by atoms with Crippen molar-refractivity contribution >= 4 is 48.6 Å². The van der Waals surface area contributed by atoms with Crippen molar-refractivity contribution in [1.82, 2.24) is 5.32 Å². The molecule has 20 nitrogen and oxygen atoms in total. The molecule has 0 radical (unpaired) electrons. The number of carbonyl (C=O) groups excluding carboxylic acids is 4. The van der Waals surface area contributed by atoms with Crippen LogP contribution in [0.5, 0.6) is 0 Å². The van der Waals surface area contributed by atoms with Crippen LogP contribution in [-0.2, 0) is 79.8 Å². The molecule has 0 aromatic rings.